The minimum Gasteiger partial charge on any atom is -0.549 e. The summed E-state index contributed by atoms with van der Waals surface area (Å²) in [4.78, 5) is 22.1. The number of carbonyl (C=O) groups is 1. The summed E-state index contributed by atoms with van der Waals surface area (Å²) >= 11 is 4.29. The number of thioether (sulfide) groups is 2. The van der Waals surface area contributed by atoms with E-state index in [4.69, 9.17) is 4.74 Å². The van der Waals surface area contributed by atoms with Gasteiger partial charge in [0.15, 0.2) is 5.16 Å². The maximum absolute atomic E-state index is 10.8. The molecule has 0 saturated heterocycles. The molecule has 0 saturated carbocycles. The lowest BCUT2D eigenvalue weighted by Crippen LogP contribution is -2.33. The first-order chi connectivity index (χ1) is 11.0. The summed E-state index contributed by atoms with van der Waals surface area (Å²) in [5, 5.41) is 13.2. The Morgan fingerprint density at radius 1 is 1.48 bits per heavy atom. The molecule has 8 heteroatoms. The normalized spacial score (nSPS) is 20.7. The van der Waals surface area contributed by atoms with E-state index >= 15 is 0 Å². The molecule has 124 valence electrons. The third kappa shape index (κ3) is 3.35. The van der Waals surface area contributed by atoms with Crippen molar-refractivity contribution in [2.45, 2.75) is 49.1 Å². The fraction of sp³-hybridized carbons (Fsp3) is 0.533. The number of carboxylic acids is 1. The van der Waals surface area contributed by atoms with Crippen molar-refractivity contribution in [2.75, 3.05) is 12.0 Å². The number of thiophene rings is 1. The molecule has 1 aliphatic heterocycles. The molecule has 2 aromatic rings. The van der Waals surface area contributed by atoms with Crippen LogP contribution >= 0.6 is 34.9 Å². The molecule has 0 fully saturated rings. The van der Waals surface area contributed by atoms with Gasteiger partial charge >= 0.3 is 0 Å². The van der Waals surface area contributed by atoms with Crippen molar-refractivity contribution in [3.63, 3.8) is 0 Å². The summed E-state index contributed by atoms with van der Waals surface area (Å²) in [6.07, 6.45) is 3.65. The van der Waals surface area contributed by atoms with E-state index in [1.54, 1.807) is 11.3 Å². The first-order valence-corrected chi connectivity index (χ1v) is 10.3. The van der Waals surface area contributed by atoms with Crippen LogP contribution in [0.4, 0.5) is 0 Å². The Hall–Kier alpha value is -0.830. The van der Waals surface area contributed by atoms with Crippen LogP contribution in [0.2, 0.25) is 0 Å². The second-order valence-electron chi connectivity index (χ2n) is 5.63. The summed E-state index contributed by atoms with van der Waals surface area (Å²) in [6, 6.07) is 0. The predicted octanol–water partition coefficient (Wildman–Crippen LogP) is 2.50. The number of fused-ring (bicyclic) bond motifs is 3. The quantitative estimate of drug-likeness (QED) is 0.455. The van der Waals surface area contributed by atoms with E-state index in [1.807, 2.05) is 6.26 Å². The number of carboxylic acid groups (broad SMARTS) is 1. The topological polar surface area (TPSA) is 75.1 Å². The summed E-state index contributed by atoms with van der Waals surface area (Å²) in [7, 11) is 0. The van der Waals surface area contributed by atoms with Gasteiger partial charge in [-0.1, -0.05) is 30.4 Å². The van der Waals surface area contributed by atoms with E-state index in [9.17, 15) is 9.90 Å². The fourth-order valence-corrected chi connectivity index (χ4v) is 4.99. The summed E-state index contributed by atoms with van der Waals surface area (Å²) < 4.78 is 6.01. The number of aliphatic carboxylic acids is 1. The second-order valence-corrected chi connectivity index (χ2v) is 8.45. The fourth-order valence-electron chi connectivity index (χ4n) is 2.57. The van der Waals surface area contributed by atoms with E-state index in [0.29, 0.717) is 11.8 Å². The van der Waals surface area contributed by atoms with Gasteiger partial charge in [0.05, 0.1) is 18.2 Å². The first kappa shape index (κ1) is 17.0. The molecule has 3 heterocycles. The zero-order valence-corrected chi connectivity index (χ0v) is 15.6. The molecule has 0 aliphatic carbocycles. The molecule has 5 nitrogen and oxygen atoms in total. The highest BCUT2D eigenvalue weighted by Crippen LogP contribution is 2.42. The SMILES string of the molecule is CC[C@@]1(C)Cc2c(sc3nc(SC)nc(SCC(=O)[O-])c23)CO1. The molecule has 0 radical (unpaired) electrons. The highest BCUT2D eigenvalue weighted by molar-refractivity contribution is 8.00. The zero-order chi connectivity index (χ0) is 16.6. The lowest BCUT2D eigenvalue weighted by atomic mass is 9.90. The largest absolute Gasteiger partial charge is 0.549 e. The van der Waals surface area contributed by atoms with Crippen molar-refractivity contribution in [1.82, 2.24) is 9.97 Å². The number of rotatable bonds is 5. The Bertz CT molecular complexity index is 762. The second kappa shape index (κ2) is 6.58. The molecule has 1 aliphatic rings. The van der Waals surface area contributed by atoms with Crippen LogP contribution in [0.1, 0.15) is 30.7 Å². The number of aromatic nitrogens is 2. The van der Waals surface area contributed by atoms with Crippen molar-refractivity contribution in [1.29, 1.82) is 0 Å². The van der Waals surface area contributed by atoms with E-state index in [2.05, 4.69) is 23.8 Å². The van der Waals surface area contributed by atoms with Crippen molar-refractivity contribution < 1.29 is 14.6 Å². The van der Waals surface area contributed by atoms with Crippen LogP contribution in [0.3, 0.4) is 0 Å². The molecule has 3 rings (SSSR count). The average molecular weight is 370 g/mol. The number of hydrogen-bond acceptors (Lipinski definition) is 8. The Morgan fingerprint density at radius 2 is 2.26 bits per heavy atom. The van der Waals surface area contributed by atoms with E-state index < -0.39 is 5.97 Å². The van der Waals surface area contributed by atoms with Gasteiger partial charge in [0.2, 0.25) is 0 Å². The summed E-state index contributed by atoms with van der Waals surface area (Å²) in [6.45, 7) is 4.82. The molecular formula is C15H17N2O3S3-. The zero-order valence-electron chi connectivity index (χ0n) is 13.2. The molecule has 0 amide bonds. The van der Waals surface area contributed by atoms with Crippen molar-refractivity contribution in [3.8, 4) is 0 Å². The van der Waals surface area contributed by atoms with Gasteiger partial charge in [0.25, 0.3) is 0 Å². The van der Waals surface area contributed by atoms with Gasteiger partial charge in [-0.2, -0.15) is 0 Å². The Kier molecular flexibility index (Phi) is 4.87. The predicted molar refractivity (Wildman–Crippen MR) is 92.1 cm³/mol. The Balaban J connectivity index is 2.12. The molecular weight excluding hydrogens is 352 g/mol. The average Bonchev–Trinajstić information content (AvgIpc) is 2.89. The van der Waals surface area contributed by atoms with Crippen LogP contribution in [0, 0.1) is 0 Å². The van der Waals surface area contributed by atoms with Crippen molar-refractivity contribution >= 4 is 51.0 Å². The molecule has 0 bridgehead atoms. The Labute approximate surface area is 147 Å². The van der Waals surface area contributed by atoms with Gasteiger partial charge in [0.1, 0.15) is 9.86 Å². The summed E-state index contributed by atoms with van der Waals surface area (Å²) in [5.74, 6) is -1.19. The van der Waals surface area contributed by atoms with Gasteiger partial charge in [-0.25, -0.2) is 9.97 Å². The monoisotopic (exact) mass is 369 g/mol. The van der Waals surface area contributed by atoms with Gasteiger partial charge < -0.3 is 14.6 Å². The molecule has 2 aromatic heterocycles. The lowest BCUT2D eigenvalue weighted by Gasteiger charge is -2.33. The maximum atomic E-state index is 10.8. The molecule has 1 atom stereocenters. The van der Waals surface area contributed by atoms with Gasteiger partial charge in [-0.3, -0.25) is 0 Å². The van der Waals surface area contributed by atoms with Crippen LogP contribution in [0.25, 0.3) is 10.2 Å². The number of ether oxygens (including phenoxy) is 1. The molecule has 0 spiro atoms. The van der Waals surface area contributed by atoms with Gasteiger partial charge in [-0.05, 0) is 25.2 Å². The van der Waals surface area contributed by atoms with Gasteiger partial charge in [0, 0.05) is 22.4 Å². The molecule has 0 aromatic carbocycles. The summed E-state index contributed by atoms with van der Waals surface area (Å²) in [5.41, 5.74) is 1.03. The third-order valence-electron chi connectivity index (χ3n) is 4.04. The van der Waals surface area contributed by atoms with E-state index in [-0.39, 0.29) is 11.4 Å². The highest BCUT2D eigenvalue weighted by Gasteiger charge is 2.33. The van der Waals surface area contributed by atoms with Crippen LogP contribution in [0.15, 0.2) is 10.2 Å². The van der Waals surface area contributed by atoms with Crippen molar-refractivity contribution in [3.05, 3.63) is 10.4 Å². The number of carbonyl (C=O) groups excluding carboxylic acids is 1. The van der Waals surface area contributed by atoms with Gasteiger partial charge in [-0.15, -0.1) is 11.3 Å². The van der Waals surface area contributed by atoms with Crippen LogP contribution in [-0.2, 0) is 22.6 Å². The Morgan fingerprint density at radius 3 is 2.91 bits per heavy atom. The minimum absolute atomic E-state index is 0.105. The van der Waals surface area contributed by atoms with Crippen LogP contribution in [0.5, 0.6) is 0 Å². The maximum Gasteiger partial charge on any atom is 0.189 e. The van der Waals surface area contributed by atoms with Crippen LogP contribution < -0.4 is 5.11 Å². The number of hydrogen-bond donors (Lipinski definition) is 0. The molecule has 0 unspecified atom stereocenters. The molecule has 23 heavy (non-hydrogen) atoms. The number of nitrogens with zero attached hydrogens (tertiary/aromatic N) is 2. The highest BCUT2D eigenvalue weighted by atomic mass is 32.2. The third-order valence-corrected chi connectivity index (χ3v) is 6.64. The smallest absolute Gasteiger partial charge is 0.189 e. The lowest BCUT2D eigenvalue weighted by molar-refractivity contribution is -0.301. The van der Waals surface area contributed by atoms with E-state index in [1.165, 1.54) is 34.0 Å². The van der Waals surface area contributed by atoms with Crippen molar-refractivity contribution in [2.24, 2.45) is 0 Å². The van der Waals surface area contributed by atoms with E-state index in [0.717, 1.165) is 28.1 Å². The molecule has 0 N–H and O–H groups in total. The standard InChI is InChI=1S/C15H18N2O3S3/c1-4-15(2)5-8-9(6-20-15)23-13-11(8)12(22-7-10(18)19)16-14(17-13)21-3/h4-7H2,1-3H3,(H,18,19)/p-1/t15-/m0/s1. The van der Waals surface area contributed by atoms with Crippen LogP contribution in [-0.4, -0.2) is 33.5 Å². The minimum atomic E-state index is -1.08. The first-order valence-electron chi connectivity index (χ1n) is 7.28.